The molecule has 0 fully saturated rings. The highest BCUT2D eigenvalue weighted by molar-refractivity contribution is 14.1. The fourth-order valence-corrected chi connectivity index (χ4v) is 2.38. The molecule has 0 spiro atoms. The fourth-order valence-electron chi connectivity index (χ4n) is 1.77. The summed E-state index contributed by atoms with van der Waals surface area (Å²) in [4.78, 5) is 10.8. The molecule has 4 heteroatoms. The average molecular weight is 382 g/mol. The number of benzene rings is 2. The van der Waals surface area contributed by atoms with Crippen LogP contribution in [-0.2, 0) is 6.61 Å². The molecule has 0 bridgehead atoms. The summed E-state index contributed by atoms with van der Waals surface area (Å²) in [5.74, 6) is 1.25. The van der Waals surface area contributed by atoms with E-state index in [0.717, 1.165) is 11.8 Å². The van der Waals surface area contributed by atoms with Crippen molar-refractivity contribution in [1.29, 1.82) is 0 Å². The zero-order valence-corrected chi connectivity index (χ0v) is 13.3. The Kier molecular flexibility index (Phi) is 5.40. The maximum Gasteiger partial charge on any atom is 0.161 e. The van der Waals surface area contributed by atoms with Gasteiger partial charge in [-0.1, -0.05) is 12.1 Å². The van der Waals surface area contributed by atoms with Gasteiger partial charge in [-0.15, -0.1) is 0 Å². The highest BCUT2D eigenvalue weighted by atomic mass is 127. The summed E-state index contributed by atoms with van der Waals surface area (Å²) in [5.41, 5.74) is 1.67. The van der Waals surface area contributed by atoms with Crippen molar-refractivity contribution in [3.8, 4) is 11.5 Å². The SMILES string of the molecule is CCOc1cc(C=O)ccc1OCc1cccc(I)c1. The van der Waals surface area contributed by atoms with Crippen molar-refractivity contribution in [3.05, 3.63) is 57.2 Å². The lowest BCUT2D eigenvalue weighted by atomic mass is 10.2. The van der Waals surface area contributed by atoms with E-state index in [9.17, 15) is 4.79 Å². The highest BCUT2D eigenvalue weighted by Gasteiger charge is 2.06. The van der Waals surface area contributed by atoms with Crippen molar-refractivity contribution in [2.45, 2.75) is 13.5 Å². The molecule has 0 heterocycles. The molecule has 0 saturated heterocycles. The molecule has 2 aromatic carbocycles. The Bertz CT molecular complexity index is 596. The fraction of sp³-hybridized carbons (Fsp3) is 0.188. The minimum atomic E-state index is 0.470. The monoisotopic (exact) mass is 382 g/mol. The molecule has 0 amide bonds. The second kappa shape index (κ2) is 7.28. The Morgan fingerprint density at radius 1 is 1.10 bits per heavy atom. The zero-order valence-electron chi connectivity index (χ0n) is 11.1. The maximum atomic E-state index is 10.8. The smallest absolute Gasteiger partial charge is 0.161 e. The Balaban J connectivity index is 2.14. The van der Waals surface area contributed by atoms with E-state index in [1.165, 1.54) is 3.57 Å². The summed E-state index contributed by atoms with van der Waals surface area (Å²) in [6.07, 6.45) is 0.797. The number of halogens is 1. The summed E-state index contributed by atoms with van der Waals surface area (Å²) in [6, 6.07) is 13.3. The summed E-state index contributed by atoms with van der Waals surface area (Å²) in [7, 11) is 0. The molecule has 0 aliphatic heterocycles. The van der Waals surface area contributed by atoms with Crippen molar-refractivity contribution >= 4 is 28.9 Å². The molecule has 0 N–H and O–H groups in total. The van der Waals surface area contributed by atoms with Gasteiger partial charge >= 0.3 is 0 Å². The molecule has 0 radical (unpaired) electrons. The number of carbonyl (C=O) groups is 1. The van der Waals surface area contributed by atoms with Gasteiger partial charge in [-0.2, -0.15) is 0 Å². The Labute approximate surface area is 132 Å². The molecule has 20 heavy (non-hydrogen) atoms. The van der Waals surface area contributed by atoms with Crippen LogP contribution in [0.4, 0.5) is 0 Å². The first-order valence-corrected chi connectivity index (χ1v) is 7.40. The lowest BCUT2D eigenvalue weighted by molar-refractivity contribution is 0.112. The van der Waals surface area contributed by atoms with Gasteiger partial charge in [0, 0.05) is 9.13 Å². The lowest BCUT2D eigenvalue weighted by Gasteiger charge is -2.12. The summed E-state index contributed by atoms with van der Waals surface area (Å²) >= 11 is 2.27. The molecule has 0 unspecified atom stereocenters. The van der Waals surface area contributed by atoms with E-state index < -0.39 is 0 Å². The molecule has 2 rings (SSSR count). The molecular formula is C16H15IO3. The Hall–Kier alpha value is -1.56. The zero-order chi connectivity index (χ0) is 14.4. The molecule has 2 aromatic rings. The van der Waals surface area contributed by atoms with Crippen LogP contribution in [0.25, 0.3) is 0 Å². The van der Waals surface area contributed by atoms with Gasteiger partial charge in [0.1, 0.15) is 12.9 Å². The van der Waals surface area contributed by atoms with E-state index in [0.29, 0.717) is 30.3 Å². The molecule has 0 aliphatic rings. The van der Waals surface area contributed by atoms with Crippen molar-refractivity contribution in [1.82, 2.24) is 0 Å². The lowest BCUT2D eigenvalue weighted by Crippen LogP contribution is -2.00. The second-order valence-corrected chi connectivity index (χ2v) is 5.42. The maximum absolute atomic E-state index is 10.8. The number of hydrogen-bond donors (Lipinski definition) is 0. The third-order valence-electron chi connectivity index (χ3n) is 2.69. The third kappa shape index (κ3) is 3.96. The van der Waals surface area contributed by atoms with E-state index in [2.05, 4.69) is 28.7 Å². The van der Waals surface area contributed by atoms with Gasteiger partial charge in [-0.25, -0.2) is 0 Å². The number of carbonyl (C=O) groups excluding carboxylic acids is 1. The minimum Gasteiger partial charge on any atom is -0.490 e. The van der Waals surface area contributed by atoms with Crippen LogP contribution >= 0.6 is 22.6 Å². The van der Waals surface area contributed by atoms with Crippen LogP contribution in [0.1, 0.15) is 22.8 Å². The predicted octanol–water partition coefficient (Wildman–Crippen LogP) is 4.08. The second-order valence-electron chi connectivity index (χ2n) is 4.18. The molecule has 0 aromatic heterocycles. The van der Waals surface area contributed by atoms with E-state index in [1.54, 1.807) is 18.2 Å². The molecular weight excluding hydrogens is 367 g/mol. The third-order valence-corrected chi connectivity index (χ3v) is 3.36. The van der Waals surface area contributed by atoms with Crippen LogP contribution in [-0.4, -0.2) is 12.9 Å². The molecule has 3 nitrogen and oxygen atoms in total. The van der Waals surface area contributed by atoms with Crippen molar-refractivity contribution in [2.24, 2.45) is 0 Å². The van der Waals surface area contributed by atoms with Crippen LogP contribution in [0.5, 0.6) is 11.5 Å². The largest absolute Gasteiger partial charge is 0.490 e. The molecule has 104 valence electrons. The van der Waals surface area contributed by atoms with Crippen LogP contribution in [0, 0.1) is 3.57 Å². The van der Waals surface area contributed by atoms with E-state index in [1.807, 2.05) is 25.1 Å². The van der Waals surface area contributed by atoms with Crippen molar-refractivity contribution in [2.75, 3.05) is 6.61 Å². The van der Waals surface area contributed by atoms with Gasteiger partial charge in [0.15, 0.2) is 11.5 Å². The van der Waals surface area contributed by atoms with E-state index >= 15 is 0 Å². The first-order chi connectivity index (χ1) is 9.72. The van der Waals surface area contributed by atoms with Gasteiger partial charge in [-0.3, -0.25) is 4.79 Å². The number of aldehydes is 1. The first kappa shape index (κ1) is 14.8. The van der Waals surface area contributed by atoms with Crippen LogP contribution in [0.15, 0.2) is 42.5 Å². The normalized spacial score (nSPS) is 10.1. The van der Waals surface area contributed by atoms with Crippen molar-refractivity contribution in [3.63, 3.8) is 0 Å². The van der Waals surface area contributed by atoms with Gasteiger partial charge in [0.2, 0.25) is 0 Å². The summed E-state index contributed by atoms with van der Waals surface area (Å²) in [5, 5.41) is 0. The predicted molar refractivity (Wildman–Crippen MR) is 86.5 cm³/mol. The van der Waals surface area contributed by atoms with Gasteiger partial charge < -0.3 is 9.47 Å². The minimum absolute atomic E-state index is 0.470. The van der Waals surface area contributed by atoms with Gasteiger partial charge in [-0.05, 0) is 65.4 Å². The summed E-state index contributed by atoms with van der Waals surface area (Å²) < 4.78 is 12.5. The molecule has 0 saturated carbocycles. The number of ether oxygens (including phenoxy) is 2. The highest BCUT2D eigenvalue weighted by Crippen LogP contribution is 2.28. The van der Waals surface area contributed by atoms with Crippen LogP contribution < -0.4 is 9.47 Å². The molecule has 0 atom stereocenters. The van der Waals surface area contributed by atoms with Crippen molar-refractivity contribution < 1.29 is 14.3 Å². The number of rotatable bonds is 6. The Morgan fingerprint density at radius 2 is 1.95 bits per heavy atom. The van der Waals surface area contributed by atoms with Crippen LogP contribution in [0.2, 0.25) is 0 Å². The van der Waals surface area contributed by atoms with Gasteiger partial charge in [0.25, 0.3) is 0 Å². The Morgan fingerprint density at radius 3 is 2.65 bits per heavy atom. The van der Waals surface area contributed by atoms with E-state index in [4.69, 9.17) is 9.47 Å². The topological polar surface area (TPSA) is 35.5 Å². The summed E-state index contributed by atoms with van der Waals surface area (Å²) in [6.45, 7) is 2.90. The molecule has 0 aliphatic carbocycles. The van der Waals surface area contributed by atoms with E-state index in [-0.39, 0.29) is 0 Å². The number of hydrogen-bond acceptors (Lipinski definition) is 3. The van der Waals surface area contributed by atoms with Gasteiger partial charge in [0.05, 0.1) is 6.61 Å². The average Bonchev–Trinajstić information content (AvgIpc) is 2.46. The quantitative estimate of drug-likeness (QED) is 0.558. The van der Waals surface area contributed by atoms with Crippen LogP contribution in [0.3, 0.4) is 0 Å². The standard InChI is InChI=1S/C16H15IO3/c1-2-19-16-9-12(10-18)6-7-15(16)20-11-13-4-3-5-14(17)8-13/h3-10H,2,11H2,1H3. The first-order valence-electron chi connectivity index (χ1n) is 6.32.